The summed E-state index contributed by atoms with van der Waals surface area (Å²) in [6.45, 7) is 5.18. The van der Waals surface area contributed by atoms with E-state index in [-0.39, 0.29) is 5.91 Å². The molecule has 13 heavy (non-hydrogen) atoms. The quantitative estimate of drug-likeness (QED) is 0.649. The van der Waals surface area contributed by atoms with E-state index in [9.17, 15) is 4.79 Å². The molecular weight excluding hydrogens is 170 g/mol. The topological polar surface area (TPSA) is 47.6 Å². The molecule has 74 valence electrons. The largest absolute Gasteiger partial charge is 0.347 e. The first kappa shape index (κ1) is 10.2. The van der Waals surface area contributed by atoms with Crippen LogP contribution >= 0.6 is 0 Å². The van der Waals surface area contributed by atoms with Crippen LogP contribution in [-0.2, 0) is 14.3 Å². The molecule has 1 amide bonds. The first-order chi connectivity index (χ1) is 6.16. The highest BCUT2D eigenvalue weighted by Gasteiger charge is 2.30. The Balaban J connectivity index is 2.28. The molecule has 0 aliphatic carbocycles. The van der Waals surface area contributed by atoms with Crippen molar-refractivity contribution in [3.05, 3.63) is 12.2 Å². The lowest BCUT2D eigenvalue weighted by Crippen LogP contribution is -2.40. The fraction of sp³-hybridized carbons (Fsp3) is 0.667. The highest BCUT2D eigenvalue weighted by molar-refractivity contribution is 5.87. The molecule has 1 saturated heterocycles. The third-order valence-corrected chi connectivity index (χ3v) is 1.80. The molecule has 0 atom stereocenters. The van der Waals surface area contributed by atoms with Crippen molar-refractivity contribution in [2.45, 2.75) is 19.6 Å². The van der Waals surface area contributed by atoms with E-state index < -0.39 is 5.79 Å². The molecule has 1 aliphatic heterocycles. The van der Waals surface area contributed by atoms with Crippen LogP contribution in [0, 0.1) is 0 Å². The van der Waals surface area contributed by atoms with Crippen molar-refractivity contribution in [2.75, 3.05) is 19.8 Å². The van der Waals surface area contributed by atoms with Gasteiger partial charge in [-0.1, -0.05) is 6.08 Å². The number of rotatable bonds is 3. The number of amides is 1. The van der Waals surface area contributed by atoms with Crippen molar-refractivity contribution in [3.8, 4) is 0 Å². The normalized spacial score (nSPS) is 20.8. The van der Waals surface area contributed by atoms with Crippen molar-refractivity contribution < 1.29 is 14.3 Å². The Morgan fingerprint density at radius 3 is 2.69 bits per heavy atom. The molecule has 1 fully saturated rings. The van der Waals surface area contributed by atoms with Crippen LogP contribution in [0.4, 0.5) is 0 Å². The van der Waals surface area contributed by atoms with E-state index in [1.54, 1.807) is 13.0 Å². The van der Waals surface area contributed by atoms with Gasteiger partial charge in [0.15, 0.2) is 5.79 Å². The predicted octanol–water partition coefficient (Wildman–Crippen LogP) is 0.442. The summed E-state index contributed by atoms with van der Waals surface area (Å²) in [6.07, 6.45) is 3.16. The summed E-state index contributed by atoms with van der Waals surface area (Å²) in [5.74, 6) is -0.764. The van der Waals surface area contributed by atoms with Crippen molar-refractivity contribution in [2.24, 2.45) is 0 Å². The number of allylic oxidation sites excluding steroid dienone is 1. The minimum absolute atomic E-state index is 0.122. The van der Waals surface area contributed by atoms with Gasteiger partial charge in [-0.15, -0.1) is 0 Å². The minimum Gasteiger partial charge on any atom is -0.347 e. The number of carbonyl (C=O) groups is 1. The molecule has 4 heteroatoms. The van der Waals surface area contributed by atoms with E-state index in [2.05, 4.69) is 5.32 Å². The van der Waals surface area contributed by atoms with E-state index >= 15 is 0 Å². The van der Waals surface area contributed by atoms with Gasteiger partial charge in [-0.2, -0.15) is 0 Å². The lowest BCUT2D eigenvalue weighted by atomic mass is 10.3. The summed E-state index contributed by atoms with van der Waals surface area (Å²) >= 11 is 0. The average Bonchev–Trinajstić information content (AvgIpc) is 2.51. The molecule has 4 nitrogen and oxygen atoms in total. The van der Waals surface area contributed by atoms with E-state index in [1.165, 1.54) is 6.08 Å². The molecule has 0 bridgehead atoms. The van der Waals surface area contributed by atoms with Gasteiger partial charge >= 0.3 is 0 Å². The molecule has 1 heterocycles. The van der Waals surface area contributed by atoms with E-state index in [4.69, 9.17) is 9.47 Å². The van der Waals surface area contributed by atoms with Crippen LogP contribution in [0.3, 0.4) is 0 Å². The van der Waals surface area contributed by atoms with Crippen LogP contribution in [0.15, 0.2) is 12.2 Å². The second-order valence-corrected chi connectivity index (χ2v) is 3.05. The fourth-order valence-corrected chi connectivity index (χ4v) is 1.12. The Morgan fingerprint density at radius 1 is 1.54 bits per heavy atom. The zero-order chi connectivity index (χ0) is 9.73. The summed E-state index contributed by atoms with van der Waals surface area (Å²) in [6, 6.07) is 0. The summed E-state index contributed by atoms with van der Waals surface area (Å²) in [4.78, 5) is 11.0. The lowest BCUT2D eigenvalue weighted by Gasteiger charge is -2.21. The van der Waals surface area contributed by atoms with Gasteiger partial charge in [0.25, 0.3) is 0 Å². The summed E-state index contributed by atoms with van der Waals surface area (Å²) in [5, 5.41) is 2.69. The first-order valence-electron chi connectivity index (χ1n) is 4.35. The first-order valence-corrected chi connectivity index (χ1v) is 4.35. The van der Waals surface area contributed by atoms with Gasteiger partial charge in [0.2, 0.25) is 5.91 Å². The number of hydrogen-bond acceptors (Lipinski definition) is 3. The van der Waals surface area contributed by atoms with Gasteiger partial charge in [-0.25, -0.2) is 0 Å². The average molecular weight is 185 g/mol. The van der Waals surface area contributed by atoms with Crippen LogP contribution < -0.4 is 5.32 Å². The molecule has 0 saturated carbocycles. The SMILES string of the molecule is C/C=C/C(=O)NCC1(C)OCCO1. The number of nitrogens with one attached hydrogen (secondary N) is 1. The maximum atomic E-state index is 11.0. The predicted molar refractivity (Wildman–Crippen MR) is 48.1 cm³/mol. The zero-order valence-electron chi connectivity index (χ0n) is 8.00. The molecule has 1 N–H and O–H groups in total. The Labute approximate surface area is 77.9 Å². The molecule has 0 aromatic carbocycles. The van der Waals surface area contributed by atoms with Crippen LogP contribution in [0.5, 0.6) is 0 Å². The second-order valence-electron chi connectivity index (χ2n) is 3.05. The third kappa shape index (κ3) is 3.16. The lowest BCUT2D eigenvalue weighted by molar-refractivity contribution is -0.143. The zero-order valence-corrected chi connectivity index (χ0v) is 8.00. The third-order valence-electron chi connectivity index (χ3n) is 1.80. The summed E-state index contributed by atoms with van der Waals surface area (Å²) in [7, 11) is 0. The van der Waals surface area contributed by atoms with Crippen LogP contribution in [0.1, 0.15) is 13.8 Å². The van der Waals surface area contributed by atoms with E-state index in [0.717, 1.165) is 0 Å². The van der Waals surface area contributed by atoms with Gasteiger partial charge in [0.1, 0.15) is 0 Å². The number of hydrogen-bond donors (Lipinski definition) is 1. The molecule has 0 unspecified atom stereocenters. The standard InChI is InChI=1S/C9H15NO3/c1-3-4-8(11)10-7-9(2)12-5-6-13-9/h3-4H,5-7H2,1-2H3,(H,10,11)/b4-3+. The van der Waals surface area contributed by atoms with Gasteiger partial charge < -0.3 is 14.8 Å². The van der Waals surface area contributed by atoms with Crippen molar-refractivity contribution >= 4 is 5.91 Å². The number of ether oxygens (including phenoxy) is 2. The Morgan fingerprint density at radius 2 is 2.15 bits per heavy atom. The number of carbonyl (C=O) groups excluding carboxylic acids is 1. The molecular formula is C9H15NO3. The van der Waals surface area contributed by atoms with Crippen molar-refractivity contribution in [1.82, 2.24) is 5.32 Å². The molecule has 0 spiro atoms. The maximum Gasteiger partial charge on any atom is 0.243 e. The summed E-state index contributed by atoms with van der Waals surface area (Å²) in [5.41, 5.74) is 0. The van der Waals surface area contributed by atoms with Gasteiger partial charge in [0, 0.05) is 0 Å². The second kappa shape index (κ2) is 4.39. The Hall–Kier alpha value is -0.870. The highest BCUT2D eigenvalue weighted by Crippen LogP contribution is 2.16. The Kier molecular flexibility index (Phi) is 3.45. The maximum absolute atomic E-state index is 11.0. The molecule has 0 radical (unpaired) electrons. The molecule has 0 aromatic rings. The Bertz CT molecular complexity index is 207. The van der Waals surface area contributed by atoms with Gasteiger partial charge in [-0.3, -0.25) is 4.79 Å². The van der Waals surface area contributed by atoms with E-state index in [0.29, 0.717) is 19.8 Å². The van der Waals surface area contributed by atoms with Crippen molar-refractivity contribution in [1.29, 1.82) is 0 Å². The van der Waals surface area contributed by atoms with Crippen LogP contribution in [0.2, 0.25) is 0 Å². The monoisotopic (exact) mass is 185 g/mol. The van der Waals surface area contributed by atoms with Gasteiger partial charge in [0.05, 0.1) is 19.8 Å². The molecule has 1 aliphatic rings. The molecule has 0 aromatic heterocycles. The van der Waals surface area contributed by atoms with Gasteiger partial charge in [-0.05, 0) is 19.9 Å². The smallest absolute Gasteiger partial charge is 0.243 e. The van der Waals surface area contributed by atoms with Crippen molar-refractivity contribution in [3.63, 3.8) is 0 Å². The minimum atomic E-state index is -0.642. The van der Waals surface area contributed by atoms with Crippen LogP contribution in [0.25, 0.3) is 0 Å². The summed E-state index contributed by atoms with van der Waals surface area (Å²) < 4.78 is 10.6. The fourth-order valence-electron chi connectivity index (χ4n) is 1.12. The highest BCUT2D eigenvalue weighted by atomic mass is 16.7. The molecule has 1 rings (SSSR count). The van der Waals surface area contributed by atoms with Crippen LogP contribution in [-0.4, -0.2) is 31.5 Å². The van der Waals surface area contributed by atoms with E-state index in [1.807, 2.05) is 6.92 Å².